The number of rotatable bonds is 10. The van der Waals surface area contributed by atoms with E-state index in [1.54, 1.807) is 0 Å². The van der Waals surface area contributed by atoms with Crippen LogP contribution < -0.4 is 0 Å². The highest BCUT2D eigenvalue weighted by Crippen LogP contribution is 2.43. The van der Waals surface area contributed by atoms with Gasteiger partial charge in [0.05, 0.1) is 36.9 Å². The molecule has 4 unspecified atom stereocenters. The van der Waals surface area contributed by atoms with Crippen LogP contribution in [0.2, 0.25) is 0 Å². The lowest BCUT2D eigenvalue weighted by Gasteiger charge is -2.20. The van der Waals surface area contributed by atoms with Crippen LogP contribution in [0.1, 0.15) is 46.0 Å². The Bertz CT molecular complexity index is 501. The van der Waals surface area contributed by atoms with Crippen molar-refractivity contribution < 1.29 is 38.9 Å². The monoisotopic (exact) mass is 358 g/mol. The van der Waals surface area contributed by atoms with Gasteiger partial charge in [0.1, 0.15) is 0 Å². The predicted octanol–water partition coefficient (Wildman–Crippen LogP) is 1.71. The van der Waals surface area contributed by atoms with Crippen molar-refractivity contribution in [3.63, 3.8) is 0 Å². The van der Waals surface area contributed by atoms with E-state index in [0.29, 0.717) is 12.8 Å². The SMILES string of the molecule is CCCCOC(=O)C1CC(C(=O)O)C(C(=O)O)C1C(=O)OCCCC. The molecule has 8 heteroatoms. The van der Waals surface area contributed by atoms with Gasteiger partial charge in [0.15, 0.2) is 0 Å². The van der Waals surface area contributed by atoms with Crippen LogP contribution in [0, 0.1) is 23.7 Å². The van der Waals surface area contributed by atoms with Crippen molar-refractivity contribution in [2.45, 2.75) is 46.0 Å². The number of esters is 2. The van der Waals surface area contributed by atoms with Gasteiger partial charge in [0.25, 0.3) is 0 Å². The summed E-state index contributed by atoms with van der Waals surface area (Å²) in [5, 5.41) is 18.7. The molecule has 0 saturated heterocycles. The molecule has 142 valence electrons. The highest BCUT2D eigenvalue weighted by atomic mass is 16.5. The lowest BCUT2D eigenvalue weighted by Crippen LogP contribution is -2.37. The van der Waals surface area contributed by atoms with E-state index < -0.39 is 47.5 Å². The summed E-state index contributed by atoms with van der Waals surface area (Å²) in [6, 6.07) is 0. The van der Waals surface area contributed by atoms with Crippen LogP contribution in [0.15, 0.2) is 0 Å². The molecule has 1 aliphatic rings. The van der Waals surface area contributed by atoms with Gasteiger partial charge in [0.2, 0.25) is 0 Å². The van der Waals surface area contributed by atoms with Gasteiger partial charge >= 0.3 is 23.9 Å². The fourth-order valence-corrected chi connectivity index (χ4v) is 3.04. The van der Waals surface area contributed by atoms with Crippen molar-refractivity contribution >= 4 is 23.9 Å². The van der Waals surface area contributed by atoms with Gasteiger partial charge in [-0.25, -0.2) is 0 Å². The summed E-state index contributed by atoms with van der Waals surface area (Å²) in [6.07, 6.45) is 2.57. The number of aliphatic carboxylic acids is 2. The summed E-state index contributed by atoms with van der Waals surface area (Å²) in [5.74, 6) is -9.64. The van der Waals surface area contributed by atoms with Crippen LogP contribution in [0.25, 0.3) is 0 Å². The molecule has 0 aromatic carbocycles. The summed E-state index contributed by atoms with van der Waals surface area (Å²) in [4.78, 5) is 47.6. The molecule has 0 bridgehead atoms. The number of ether oxygens (including phenoxy) is 2. The van der Waals surface area contributed by atoms with Crippen LogP contribution in [0.3, 0.4) is 0 Å². The molecule has 1 aliphatic carbocycles. The van der Waals surface area contributed by atoms with Crippen LogP contribution in [0.4, 0.5) is 0 Å². The minimum Gasteiger partial charge on any atom is -0.481 e. The Morgan fingerprint density at radius 2 is 1.32 bits per heavy atom. The topological polar surface area (TPSA) is 127 Å². The maximum absolute atomic E-state index is 12.4. The first-order valence-corrected chi connectivity index (χ1v) is 8.63. The van der Waals surface area contributed by atoms with Crippen molar-refractivity contribution in [2.75, 3.05) is 13.2 Å². The third kappa shape index (κ3) is 5.44. The first kappa shape index (κ1) is 20.9. The van der Waals surface area contributed by atoms with Crippen molar-refractivity contribution in [1.29, 1.82) is 0 Å². The zero-order valence-electron chi connectivity index (χ0n) is 14.6. The summed E-state index contributed by atoms with van der Waals surface area (Å²) in [7, 11) is 0. The number of unbranched alkanes of at least 4 members (excludes halogenated alkanes) is 2. The molecule has 0 amide bonds. The van der Waals surface area contributed by atoms with Gasteiger partial charge in [-0.2, -0.15) is 0 Å². The van der Waals surface area contributed by atoms with Gasteiger partial charge in [-0.15, -0.1) is 0 Å². The van der Waals surface area contributed by atoms with Gasteiger partial charge < -0.3 is 19.7 Å². The van der Waals surface area contributed by atoms with Crippen molar-refractivity contribution in [3.8, 4) is 0 Å². The van der Waals surface area contributed by atoms with E-state index in [1.165, 1.54) is 0 Å². The fourth-order valence-electron chi connectivity index (χ4n) is 3.04. The average Bonchev–Trinajstić information content (AvgIpc) is 2.96. The molecule has 0 spiro atoms. The van der Waals surface area contributed by atoms with Gasteiger partial charge in [-0.1, -0.05) is 26.7 Å². The zero-order valence-corrected chi connectivity index (χ0v) is 14.6. The molecule has 1 fully saturated rings. The summed E-state index contributed by atoms with van der Waals surface area (Å²) < 4.78 is 10.2. The Balaban J connectivity index is 3.00. The quantitative estimate of drug-likeness (QED) is 0.446. The molecular weight excluding hydrogens is 332 g/mol. The highest BCUT2D eigenvalue weighted by Gasteiger charge is 2.57. The van der Waals surface area contributed by atoms with Crippen molar-refractivity contribution in [3.05, 3.63) is 0 Å². The second kappa shape index (κ2) is 10.0. The number of hydrogen-bond donors (Lipinski definition) is 2. The minimum atomic E-state index is -1.50. The second-order valence-electron chi connectivity index (χ2n) is 6.22. The molecule has 4 atom stereocenters. The van der Waals surface area contributed by atoms with Crippen LogP contribution in [-0.4, -0.2) is 47.3 Å². The summed E-state index contributed by atoms with van der Waals surface area (Å²) in [5.41, 5.74) is 0. The van der Waals surface area contributed by atoms with E-state index in [4.69, 9.17) is 9.47 Å². The summed E-state index contributed by atoms with van der Waals surface area (Å²) in [6.45, 7) is 4.07. The molecular formula is C17H26O8. The van der Waals surface area contributed by atoms with Crippen molar-refractivity contribution in [2.24, 2.45) is 23.7 Å². The Morgan fingerprint density at radius 1 is 0.800 bits per heavy atom. The van der Waals surface area contributed by atoms with E-state index in [-0.39, 0.29) is 19.6 Å². The molecule has 0 aromatic heterocycles. The number of carboxylic acids is 2. The molecule has 2 N–H and O–H groups in total. The van der Waals surface area contributed by atoms with E-state index in [0.717, 1.165) is 12.8 Å². The smallest absolute Gasteiger partial charge is 0.310 e. The molecule has 0 aliphatic heterocycles. The van der Waals surface area contributed by atoms with Gasteiger partial charge in [-0.3, -0.25) is 19.2 Å². The molecule has 0 aromatic rings. The van der Waals surface area contributed by atoms with Gasteiger partial charge in [-0.05, 0) is 19.3 Å². The zero-order chi connectivity index (χ0) is 19.0. The minimum absolute atomic E-state index is 0.105. The lowest BCUT2D eigenvalue weighted by atomic mass is 9.87. The first-order valence-electron chi connectivity index (χ1n) is 8.63. The Kier molecular flexibility index (Phi) is 8.37. The molecule has 25 heavy (non-hydrogen) atoms. The normalized spacial score (nSPS) is 25.4. The Hall–Kier alpha value is -2.12. The lowest BCUT2D eigenvalue weighted by molar-refractivity contribution is -0.165. The largest absolute Gasteiger partial charge is 0.481 e. The molecule has 1 rings (SSSR count). The van der Waals surface area contributed by atoms with Crippen LogP contribution >= 0.6 is 0 Å². The molecule has 8 nitrogen and oxygen atoms in total. The third-order valence-corrected chi connectivity index (χ3v) is 4.42. The molecule has 1 saturated carbocycles. The highest BCUT2D eigenvalue weighted by molar-refractivity contribution is 5.91. The first-order chi connectivity index (χ1) is 11.8. The number of hydrogen-bond acceptors (Lipinski definition) is 6. The fraction of sp³-hybridized carbons (Fsp3) is 0.765. The molecule has 0 heterocycles. The van der Waals surface area contributed by atoms with E-state index in [9.17, 15) is 29.4 Å². The van der Waals surface area contributed by atoms with Gasteiger partial charge in [0, 0.05) is 0 Å². The second-order valence-corrected chi connectivity index (χ2v) is 6.22. The maximum atomic E-state index is 12.4. The Morgan fingerprint density at radius 3 is 1.76 bits per heavy atom. The van der Waals surface area contributed by atoms with E-state index in [2.05, 4.69) is 0 Å². The van der Waals surface area contributed by atoms with Crippen LogP contribution in [-0.2, 0) is 28.7 Å². The molecule has 0 radical (unpaired) electrons. The maximum Gasteiger partial charge on any atom is 0.310 e. The standard InChI is InChI=1S/C17H26O8/c1-3-5-7-24-16(22)11-9-10(14(18)19)12(15(20)21)13(11)17(23)25-8-6-4-2/h10-13H,3-9H2,1-2H3,(H,18,19)(H,20,21). The third-order valence-electron chi connectivity index (χ3n) is 4.42. The Labute approximate surface area is 146 Å². The summed E-state index contributed by atoms with van der Waals surface area (Å²) >= 11 is 0. The van der Waals surface area contributed by atoms with Crippen molar-refractivity contribution in [1.82, 2.24) is 0 Å². The number of carbonyl (C=O) groups is 4. The van der Waals surface area contributed by atoms with E-state index in [1.807, 2.05) is 13.8 Å². The van der Waals surface area contributed by atoms with Crippen LogP contribution in [0.5, 0.6) is 0 Å². The average molecular weight is 358 g/mol. The van der Waals surface area contributed by atoms with E-state index >= 15 is 0 Å². The number of carboxylic acid groups (broad SMARTS) is 2. The number of carbonyl (C=O) groups excluding carboxylic acids is 2. The predicted molar refractivity (Wildman–Crippen MR) is 85.6 cm³/mol.